The lowest BCUT2D eigenvalue weighted by Crippen LogP contribution is -2.42. The molecule has 0 bridgehead atoms. The molecule has 0 spiro atoms. The number of aryl methyl sites for hydroxylation is 1. The fourth-order valence-electron chi connectivity index (χ4n) is 4.62. The van der Waals surface area contributed by atoms with Crippen LogP contribution in [0.2, 0.25) is 0 Å². The molecule has 1 aliphatic heterocycles. The second kappa shape index (κ2) is 7.92. The summed E-state index contributed by atoms with van der Waals surface area (Å²) in [6.07, 6.45) is 1.72. The summed E-state index contributed by atoms with van der Waals surface area (Å²) in [5.74, 6) is -0.457. The van der Waals surface area contributed by atoms with Crippen LogP contribution in [0.1, 0.15) is 49.3 Å². The predicted octanol–water partition coefficient (Wildman–Crippen LogP) is 5.16. The molecule has 4 rings (SSSR count). The Kier molecular flexibility index (Phi) is 5.39. The summed E-state index contributed by atoms with van der Waals surface area (Å²) in [6, 6.07) is 12.5. The molecule has 2 aliphatic rings. The molecule has 1 aliphatic carbocycles. The molecule has 32 heavy (non-hydrogen) atoms. The van der Waals surface area contributed by atoms with E-state index in [1.165, 1.54) is 6.07 Å². The van der Waals surface area contributed by atoms with Crippen LogP contribution in [0.5, 0.6) is 0 Å². The Morgan fingerprint density at radius 2 is 2.00 bits per heavy atom. The number of anilines is 1. The first kappa shape index (κ1) is 21.8. The lowest BCUT2D eigenvalue weighted by atomic mass is 9.69. The fraction of sp³-hybridized carbons (Fsp3) is 0.333. The Balaban J connectivity index is 2.02. The maximum absolute atomic E-state index is 13.5. The van der Waals surface area contributed by atoms with Gasteiger partial charge < -0.3 is 5.73 Å². The third kappa shape index (κ3) is 3.49. The van der Waals surface area contributed by atoms with E-state index in [-0.39, 0.29) is 34.0 Å². The van der Waals surface area contributed by atoms with E-state index in [4.69, 9.17) is 5.73 Å². The summed E-state index contributed by atoms with van der Waals surface area (Å²) in [5, 5.41) is 21.9. The zero-order valence-corrected chi connectivity index (χ0v) is 19.0. The number of carbonyl (C=O) groups is 1. The van der Waals surface area contributed by atoms with E-state index < -0.39 is 10.8 Å². The zero-order chi connectivity index (χ0) is 23.2. The van der Waals surface area contributed by atoms with Gasteiger partial charge in [0.15, 0.2) is 5.78 Å². The van der Waals surface area contributed by atoms with Gasteiger partial charge in [-0.05, 0) is 36.5 Å². The number of nitrogens with zero attached hydrogens (tertiary/aromatic N) is 3. The number of rotatable bonds is 4. The van der Waals surface area contributed by atoms with Crippen LogP contribution in [-0.2, 0) is 11.2 Å². The predicted molar refractivity (Wildman–Crippen MR) is 124 cm³/mol. The molecule has 1 aromatic heterocycles. The number of hydrogen-bond donors (Lipinski definition) is 1. The van der Waals surface area contributed by atoms with Gasteiger partial charge in [-0.1, -0.05) is 32.9 Å². The minimum Gasteiger partial charge on any atom is -0.384 e. The molecule has 2 aromatic rings. The van der Waals surface area contributed by atoms with Gasteiger partial charge in [0.05, 0.1) is 22.5 Å². The van der Waals surface area contributed by atoms with Gasteiger partial charge in [0.1, 0.15) is 11.5 Å². The van der Waals surface area contributed by atoms with Crippen molar-refractivity contribution in [3.8, 4) is 6.07 Å². The summed E-state index contributed by atoms with van der Waals surface area (Å²) >= 11 is 1.57. The van der Waals surface area contributed by atoms with E-state index in [2.05, 4.69) is 13.0 Å². The van der Waals surface area contributed by atoms with Crippen molar-refractivity contribution in [1.29, 1.82) is 5.26 Å². The molecule has 7 nitrogen and oxygen atoms in total. The van der Waals surface area contributed by atoms with Gasteiger partial charge in [0.2, 0.25) is 0 Å². The Labute approximate surface area is 190 Å². The molecule has 1 atom stereocenters. The van der Waals surface area contributed by atoms with Crippen molar-refractivity contribution in [2.24, 2.45) is 11.1 Å². The molecular weight excluding hydrogens is 424 g/mol. The summed E-state index contributed by atoms with van der Waals surface area (Å²) in [4.78, 5) is 28.4. The second-order valence-corrected chi connectivity index (χ2v) is 10.1. The number of nitrogens with two attached hydrogens (primary N) is 1. The highest BCUT2D eigenvalue weighted by Crippen LogP contribution is 2.52. The number of benzene rings is 1. The average molecular weight is 449 g/mol. The smallest absolute Gasteiger partial charge is 0.293 e. The van der Waals surface area contributed by atoms with Gasteiger partial charge in [-0.15, -0.1) is 11.3 Å². The molecule has 2 heterocycles. The molecule has 0 saturated heterocycles. The Morgan fingerprint density at radius 1 is 1.28 bits per heavy atom. The maximum atomic E-state index is 13.5. The summed E-state index contributed by atoms with van der Waals surface area (Å²) in [6.45, 7) is 6.06. The van der Waals surface area contributed by atoms with E-state index in [1.807, 2.05) is 26.0 Å². The van der Waals surface area contributed by atoms with Crippen molar-refractivity contribution < 1.29 is 9.72 Å². The van der Waals surface area contributed by atoms with Crippen molar-refractivity contribution in [3.63, 3.8) is 0 Å². The first-order valence-electron chi connectivity index (χ1n) is 10.5. The number of nitriles is 1. The largest absolute Gasteiger partial charge is 0.384 e. The average Bonchev–Trinajstić information content (AvgIpc) is 3.21. The normalized spacial score (nSPS) is 20.2. The number of ketones is 1. The zero-order valence-electron chi connectivity index (χ0n) is 18.2. The van der Waals surface area contributed by atoms with Gasteiger partial charge in [0, 0.05) is 33.5 Å². The van der Waals surface area contributed by atoms with Crippen molar-refractivity contribution in [2.75, 3.05) is 4.90 Å². The minimum atomic E-state index is -0.553. The molecule has 0 unspecified atom stereocenters. The first-order chi connectivity index (χ1) is 15.2. The Bertz CT molecular complexity index is 1230. The van der Waals surface area contributed by atoms with Crippen LogP contribution in [0.15, 0.2) is 59.1 Å². The van der Waals surface area contributed by atoms with Gasteiger partial charge in [-0.25, -0.2) is 0 Å². The monoisotopic (exact) mass is 448 g/mol. The van der Waals surface area contributed by atoms with E-state index in [9.17, 15) is 20.2 Å². The molecular formula is C24H24N4O3S. The number of nitro groups is 1. The molecule has 164 valence electrons. The highest BCUT2D eigenvalue weighted by Gasteiger charge is 2.46. The number of para-hydroxylation sites is 2. The number of carbonyl (C=O) groups excluding carboxylic acids is 1. The molecule has 2 N–H and O–H groups in total. The highest BCUT2D eigenvalue weighted by atomic mass is 32.1. The maximum Gasteiger partial charge on any atom is 0.293 e. The fourth-order valence-corrected chi connectivity index (χ4v) is 5.69. The van der Waals surface area contributed by atoms with E-state index in [1.54, 1.807) is 34.4 Å². The summed E-state index contributed by atoms with van der Waals surface area (Å²) in [7, 11) is 0. The number of Topliss-reactive ketones (excluding diaryl/α,β-unsaturated/α-hetero) is 1. The lowest BCUT2D eigenvalue weighted by molar-refractivity contribution is -0.384. The Morgan fingerprint density at radius 3 is 2.62 bits per heavy atom. The third-order valence-electron chi connectivity index (χ3n) is 6.02. The number of allylic oxidation sites excluding steroid dienone is 3. The van der Waals surface area contributed by atoms with Crippen LogP contribution >= 0.6 is 11.3 Å². The SMILES string of the molecule is CCc1ccc([C@H]2C(C#N)=C(N)N(c3ccccc3[N+](=O)[O-])C3=C2C(=O)CC(C)(C)C3)s1. The minimum absolute atomic E-state index is 0.0449. The van der Waals surface area contributed by atoms with Gasteiger partial charge in [-0.3, -0.25) is 19.8 Å². The van der Waals surface area contributed by atoms with Crippen LogP contribution < -0.4 is 10.6 Å². The lowest BCUT2D eigenvalue weighted by Gasteiger charge is -2.43. The number of nitro benzene ring substituents is 1. The molecule has 0 saturated carbocycles. The molecule has 0 fully saturated rings. The second-order valence-electron chi connectivity index (χ2n) is 8.88. The Hall–Kier alpha value is -3.44. The van der Waals surface area contributed by atoms with Crippen LogP contribution in [0.4, 0.5) is 11.4 Å². The quantitative estimate of drug-likeness (QED) is 0.510. The van der Waals surface area contributed by atoms with Gasteiger partial charge >= 0.3 is 0 Å². The van der Waals surface area contributed by atoms with Crippen LogP contribution in [0.3, 0.4) is 0 Å². The van der Waals surface area contributed by atoms with Crippen LogP contribution in [0, 0.1) is 26.9 Å². The third-order valence-corrected chi connectivity index (χ3v) is 7.31. The topological polar surface area (TPSA) is 113 Å². The summed E-state index contributed by atoms with van der Waals surface area (Å²) in [5.41, 5.74) is 7.78. The molecule has 1 aromatic carbocycles. The van der Waals surface area contributed by atoms with Crippen molar-refractivity contribution in [3.05, 3.63) is 78.9 Å². The van der Waals surface area contributed by atoms with Crippen LogP contribution in [-0.4, -0.2) is 10.7 Å². The first-order valence-corrected chi connectivity index (χ1v) is 11.3. The van der Waals surface area contributed by atoms with E-state index in [0.717, 1.165) is 16.2 Å². The highest BCUT2D eigenvalue weighted by molar-refractivity contribution is 7.12. The van der Waals surface area contributed by atoms with E-state index >= 15 is 0 Å². The van der Waals surface area contributed by atoms with E-state index in [0.29, 0.717) is 24.1 Å². The summed E-state index contributed by atoms with van der Waals surface area (Å²) < 4.78 is 0. The van der Waals surface area contributed by atoms with Gasteiger partial charge in [0.25, 0.3) is 5.69 Å². The number of thiophene rings is 1. The van der Waals surface area contributed by atoms with Crippen molar-refractivity contribution >= 4 is 28.5 Å². The van der Waals surface area contributed by atoms with Crippen molar-refractivity contribution in [2.45, 2.75) is 46.0 Å². The standard InChI is InChI=1S/C24H24N4O3S/c1-4-14-9-10-20(32-14)21-15(13-25)23(26)27(16-7-5-6-8-17(16)28(30)31)18-11-24(2,3)12-19(29)22(18)21/h5-10,21H,4,11-12,26H2,1-3H3/t21-/m1/s1. The number of hydrogen-bond acceptors (Lipinski definition) is 7. The van der Waals surface area contributed by atoms with Gasteiger partial charge in [-0.2, -0.15) is 5.26 Å². The molecule has 0 radical (unpaired) electrons. The van der Waals surface area contributed by atoms with Crippen molar-refractivity contribution in [1.82, 2.24) is 0 Å². The van der Waals surface area contributed by atoms with Crippen LogP contribution in [0.25, 0.3) is 0 Å². The molecule has 8 heteroatoms. The molecule has 0 amide bonds.